The van der Waals surface area contributed by atoms with Crippen LogP contribution in [0.25, 0.3) is 0 Å². The SMILES string of the molecule is CCCCCCc1c(CC)ccnc1N(C)C. The normalized spacial score (nSPS) is 10.6. The average Bonchev–Trinajstić information content (AvgIpc) is 2.34. The number of aryl methyl sites for hydroxylation is 1. The highest BCUT2D eigenvalue weighted by Crippen LogP contribution is 2.22. The lowest BCUT2D eigenvalue weighted by atomic mass is 10.00. The predicted octanol–water partition coefficient (Wildman–Crippen LogP) is 3.83. The lowest BCUT2D eigenvalue weighted by Gasteiger charge is -2.18. The monoisotopic (exact) mass is 234 g/mol. The van der Waals surface area contributed by atoms with Gasteiger partial charge in [-0.15, -0.1) is 0 Å². The molecule has 0 N–H and O–H groups in total. The molecule has 96 valence electrons. The molecule has 0 aliphatic rings. The molecule has 0 unspecified atom stereocenters. The second-order valence-corrected chi connectivity index (χ2v) is 4.83. The average molecular weight is 234 g/mol. The van der Waals surface area contributed by atoms with Gasteiger partial charge in [0, 0.05) is 20.3 Å². The minimum atomic E-state index is 1.10. The molecule has 17 heavy (non-hydrogen) atoms. The molecule has 0 amide bonds. The Labute approximate surface area is 106 Å². The Morgan fingerprint density at radius 1 is 1.12 bits per heavy atom. The number of aromatic nitrogens is 1. The fraction of sp³-hybridized carbons (Fsp3) is 0.667. The van der Waals surface area contributed by atoms with Crippen LogP contribution in [0.2, 0.25) is 0 Å². The lowest BCUT2D eigenvalue weighted by molar-refractivity contribution is 0.663. The third-order valence-electron chi connectivity index (χ3n) is 3.21. The van der Waals surface area contributed by atoms with Crippen molar-refractivity contribution < 1.29 is 0 Å². The zero-order valence-corrected chi connectivity index (χ0v) is 11.8. The summed E-state index contributed by atoms with van der Waals surface area (Å²) >= 11 is 0. The van der Waals surface area contributed by atoms with Crippen LogP contribution in [0.5, 0.6) is 0 Å². The smallest absolute Gasteiger partial charge is 0.131 e. The van der Waals surface area contributed by atoms with E-state index in [0.717, 1.165) is 12.2 Å². The van der Waals surface area contributed by atoms with Gasteiger partial charge in [-0.25, -0.2) is 4.98 Å². The number of hydrogen-bond donors (Lipinski definition) is 0. The number of hydrogen-bond acceptors (Lipinski definition) is 2. The van der Waals surface area contributed by atoms with Crippen LogP contribution < -0.4 is 4.90 Å². The largest absolute Gasteiger partial charge is 0.363 e. The maximum Gasteiger partial charge on any atom is 0.131 e. The maximum absolute atomic E-state index is 4.51. The van der Waals surface area contributed by atoms with E-state index in [9.17, 15) is 0 Å². The van der Waals surface area contributed by atoms with E-state index in [2.05, 4.69) is 43.9 Å². The maximum atomic E-state index is 4.51. The summed E-state index contributed by atoms with van der Waals surface area (Å²) in [5.74, 6) is 1.15. The van der Waals surface area contributed by atoms with E-state index in [0.29, 0.717) is 0 Å². The minimum Gasteiger partial charge on any atom is -0.363 e. The first-order valence-electron chi connectivity index (χ1n) is 6.84. The van der Waals surface area contributed by atoms with Gasteiger partial charge >= 0.3 is 0 Å². The molecule has 0 aromatic carbocycles. The Morgan fingerprint density at radius 3 is 2.47 bits per heavy atom. The van der Waals surface area contributed by atoms with Gasteiger partial charge in [-0.3, -0.25) is 0 Å². The Kier molecular flexibility index (Phi) is 6.03. The Bertz CT molecular complexity index is 332. The predicted molar refractivity (Wildman–Crippen MR) is 75.8 cm³/mol. The molecule has 0 aliphatic carbocycles. The number of unbranched alkanes of at least 4 members (excludes halogenated alkanes) is 3. The van der Waals surface area contributed by atoms with E-state index >= 15 is 0 Å². The lowest BCUT2D eigenvalue weighted by Crippen LogP contribution is -2.14. The molecule has 1 heterocycles. The summed E-state index contributed by atoms with van der Waals surface area (Å²) in [6.45, 7) is 4.48. The molecule has 1 aromatic heterocycles. The van der Waals surface area contributed by atoms with Crippen molar-refractivity contribution in [3.05, 3.63) is 23.4 Å². The third kappa shape index (κ3) is 4.03. The van der Waals surface area contributed by atoms with Crippen molar-refractivity contribution in [2.24, 2.45) is 0 Å². The van der Waals surface area contributed by atoms with Gasteiger partial charge in [-0.2, -0.15) is 0 Å². The zero-order valence-electron chi connectivity index (χ0n) is 11.8. The van der Waals surface area contributed by atoms with Gasteiger partial charge in [0.1, 0.15) is 5.82 Å². The van der Waals surface area contributed by atoms with Crippen molar-refractivity contribution in [3.8, 4) is 0 Å². The number of pyridine rings is 1. The summed E-state index contributed by atoms with van der Waals surface area (Å²) in [6.07, 6.45) is 9.47. The molecule has 0 spiro atoms. The topological polar surface area (TPSA) is 16.1 Å². The number of anilines is 1. The van der Waals surface area contributed by atoms with Gasteiger partial charge in [-0.05, 0) is 36.5 Å². The second kappa shape index (κ2) is 7.31. The first-order chi connectivity index (χ1) is 8.20. The first-order valence-corrected chi connectivity index (χ1v) is 6.84. The summed E-state index contributed by atoms with van der Waals surface area (Å²) in [6, 6.07) is 2.17. The molecule has 0 fully saturated rings. The second-order valence-electron chi connectivity index (χ2n) is 4.83. The molecular formula is C15H26N2. The van der Waals surface area contributed by atoms with Crippen LogP contribution in [0.3, 0.4) is 0 Å². The van der Waals surface area contributed by atoms with Gasteiger partial charge in [-0.1, -0.05) is 33.1 Å². The Balaban J connectivity index is 2.78. The van der Waals surface area contributed by atoms with E-state index in [-0.39, 0.29) is 0 Å². The minimum absolute atomic E-state index is 1.10. The van der Waals surface area contributed by atoms with Crippen LogP contribution in [0.1, 0.15) is 50.7 Å². The van der Waals surface area contributed by atoms with Gasteiger partial charge in [0.25, 0.3) is 0 Å². The molecule has 2 heteroatoms. The van der Waals surface area contributed by atoms with Crippen LogP contribution in [-0.2, 0) is 12.8 Å². The van der Waals surface area contributed by atoms with Crippen LogP contribution in [0.15, 0.2) is 12.3 Å². The van der Waals surface area contributed by atoms with Crippen molar-refractivity contribution in [2.45, 2.75) is 52.4 Å². The highest BCUT2D eigenvalue weighted by atomic mass is 15.1. The van der Waals surface area contributed by atoms with Crippen molar-refractivity contribution in [1.82, 2.24) is 4.98 Å². The molecule has 1 aromatic rings. The molecule has 1 rings (SSSR count). The standard InChI is InChI=1S/C15H26N2/c1-5-7-8-9-10-14-13(6-2)11-12-16-15(14)17(3)4/h11-12H,5-10H2,1-4H3. The fourth-order valence-electron chi connectivity index (χ4n) is 2.24. The van der Waals surface area contributed by atoms with Crippen molar-refractivity contribution >= 4 is 5.82 Å². The highest BCUT2D eigenvalue weighted by Gasteiger charge is 2.09. The van der Waals surface area contributed by atoms with Crippen LogP contribution in [0.4, 0.5) is 5.82 Å². The van der Waals surface area contributed by atoms with E-state index < -0.39 is 0 Å². The summed E-state index contributed by atoms with van der Waals surface area (Å²) in [5.41, 5.74) is 2.91. The van der Waals surface area contributed by atoms with E-state index in [4.69, 9.17) is 0 Å². The summed E-state index contributed by atoms with van der Waals surface area (Å²) in [4.78, 5) is 6.64. The van der Waals surface area contributed by atoms with E-state index in [1.807, 2.05) is 6.20 Å². The highest BCUT2D eigenvalue weighted by molar-refractivity contribution is 5.49. The van der Waals surface area contributed by atoms with Crippen molar-refractivity contribution in [3.63, 3.8) is 0 Å². The first kappa shape index (κ1) is 14.0. The third-order valence-corrected chi connectivity index (χ3v) is 3.21. The van der Waals surface area contributed by atoms with Crippen LogP contribution in [0, 0.1) is 0 Å². The molecule has 0 saturated heterocycles. The van der Waals surface area contributed by atoms with Crippen LogP contribution >= 0.6 is 0 Å². The molecular weight excluding hydrogens is 208 g/mol. The van der Waals surface area contributed by atoms with Crippen molar-refractivity contribution in [1.29, 1.82) is 0 Å². The fourth-order valence-corrected chi connectivity index (χ4v) is 2.24. The quantitative estimate of drug-likeness (QED) is 0.666. The molecule has 0 atom stereocenters. The molecule has 0 radical (unpaired) electrons. The summed E-state index contributed by atoms with van der Waals surface area (Å²) in [5, 5.41) is 0. The van der Waals surface area contributed by atoms with Crippen molar-refractivity contribution in [2.75, 3.05) is 19.0 Å². The summed E-state index contributed by atoms with van der Waals surface area (Å²) in [7, 11) is 4.16. The molecule has 2 nitrogen and oxygen atoms in total. The van der Waals surface area contributed by atoms with Gasteiger partial charge in [0.15, 0.2) is 0 Å². The van der Waals surface area contributed by atoms with Gasteiger partial charge in [0.05, 0.1) is 0 Å². The Morgan fingerprint density at radius 2 is 1.88 bits per heavy atom. The van der Waals surface area contributed by atoms with Gasteiger partial charge in [0.2, 0.25) is 0 Å². The molecule has 0 saturated carbocycles. The molecule has 0 bridgehead atoms. The zero-order chi connectivity index (χ0) is 12.7. The van der Waals surface area contributed by atoms with E-state index in [1.54, 1.807) is 0 Å². The Hall–Kier alpha value is -1.05. The summed E-state index contributed by atoms with van der Waals surface area (Å²) < 4.78 is 0. The van der Waals surface area contributed by atoms with Gasteiger partial charge < -0.3 is 4.90 Å². The molecule has 0 aliphatic heterocycles. The van der Waals surface area contributed by atoms with Crippen LogP contribution in [-0.4, -0.2) is 19.1 Å². The van der Waals surface area contributed by atoms with E-state index in [1.165, 1.54) is 43.2 Å². The number of rotatable bonds is 7. The number of nitrogens with zero attached hydrogens (tertiary/aromatic N) is 2.